The van der Waals surface area contributed by atoms with Gasteiger partial charge in [0, 0.05) is 18.5 Å². The summed E-state index contributed by atoms with van der Waals surface area (Å²) in [5.74, 6) is -0.998. The number of hydrogen-bond donors (Lipinski definition) is 3. The number of fused-ring (bicyclic) bond motifs is 5. The van der Waals surface area contributed by atoms with Crippen LogP contribution in [0.2, 0.25) is 0 Å². The summed E-state index contributed by atoms with van der Waals surface area (Å²) in [5, 5.41) is 14.5. The zero-order chi connectivity index (χ0) is 24.4. The first-order chi connectivity index (χ1) is 17.0. The molecule has 4 unspecified atom stereocenters. The minimum absolute atomic E-state index is 0.0157. The molecule has 0 spiro atoms. The molecular weight excluding hydrogens is 448 g/mol. The van der Waals surface area contributed by atoms with Gasteiger partial charge in [0.2, 0.25) is 5.91 Å². The van der Waals surface area contributed by atoms with Crippen molar-refractivity contribution in [3.63, 3.8) is 0 Å². The van der Waals surface area contributed by atoms with E-state index in [1.54, 1.807) is 0 Å². The van der Waals surface area contributed by atoms with Gasteiger partial charge < -0.3 is 25.2 Å². The zero-order valence-electron chi connectivity index (χ0n) is 19.4. The van der Waals surface area contributed by atoms with Crippen LogP contribution in [-0.2, 0) is 19.1 Å². The molecule has 8 heteroatoms. The molecule has 0 radical (unpaired) electrons. The average Bonchev–Trinajstić information content (AvgIpc) is 3.54. The molecule has 4 atom stereocenters. The number of benzene rings is 2. The van der Waals surface area contributed by atoms with Crippen molar-refractivity contribution in [1.82, 2.24) is 10.6 Å². The molecule has 2 amide bonds. The molecule has 5 rings (SSSR count). The van der Waals surface area contributed by atoms with Crippen molar-refractivity contribution in [3.05, 3.63) is 59.7 Å². The number of amides is 2. The number of carbonyl (C=O) groups excluding carboxylic acids is 2. The Morgan fingerprint density at radius 1 is 0.943 bits per heavy atom. The van der Waals surface area contributed by atoms with E-state index < -0.39 is 18.7 Å². The maximum Gasteiger partial charge on any atom is 0.407 e. The van der Waals surface area contributed by atoms with E-state index in [4.69, 9.17) is 14.6 Å². The van der Waals surface area contributed by atoms with Crippen molar-refractivity contribution < 1.29 is 29.0 Å². The van der Waals surface area contributed by atoms with Gasteiger partial charge in [-0.2, -0.15) is 0 Å². The third-order valence-electron chi connectivity index (χ3n) is 7.62. The summed E-state index contributed by atoms with van der Waals surface area (Å²) in [6.07, 6.45) is 2.39. The van der Waals surface area contributed by atoms with Crippen molar-refractivity contribution >= 4 is 18.0 Å². The second-order valence-electron chi connectivity index (χ2n) is 9.59. The van der Waals surface area contributed by atoms with E-state index in [2.05, 4.69) is 34.9 Å². The Balaban J connectivity index is 1.18. The summed E-state index contributed by atoms with van der Waals surface area (Å²) >= 11 is 0. The lowest BCUT2D eigenvalue weighted by Crippen LogP contribution is -2.50. The number of hydrogen-bond acceptors (Lipinski definition) is 5. The quantitative estimate of drug-likeness (QED) is 0.477. The molecule has 35 heavy (non-hydrogen) atoms. The molecular formula is C27H30N2O6. The molecule has 0 aromatic heterocycles. The standard InChI is InChI=1S/C27H30N2O6/c30-23(31)15-34-12-11-28-26(32)24-16-9-10-17(13-16)25(24)29-27(33)35-14-22-20-7-3-1-5-18(20)19-6-2-4-8-21(19)22/h1-8,16-17,22,24-25H,9-15H2,(H,28,32)(H,29,33)(H,30,31). The molecule has 184 valence electrons. The van der Waals surface area contributed by atoms with Crippen molar-refractivity contribution in [2.75, 3.05) is 26.4 Å². The minimum atomic E-state index is -1.04. The average molecular weight is 479 g/mol. The van der Waals surface area contributed by atoms with Crippen molar-refractivity contribution in [1.29, 1.82) is 0 Å². The van der Waals surface area contributed by atoms with Gasteiger partial charge >= 0.3 is 12.1 Å². The van der Waals surface area contributed by atoms with Gasteiger partial charge in [-0.05, 0) is 53.4 Å². The summed E-state index contributed by atoms with van der Waals surface area (Å²) in [6, 6.07) is 16.1. The maximum absolute atomic E-state index is 12.9. The zero-order valence-corrected chi connectivity index (χ0v) is 19.4. The minimum Gasteiger partial charge on any atom is -0.480 e. The lowest BCUT2D eigenvalue weighted by atomic mass is 9.84. The van der Waals surface area contributed by atoms with Crippen LogP contribution in [0.25, 0.3) is 11.1 Å². The van der Waals surface area contributed by atoms with Crippen LogP contribution in [0.1, 0.15) is 36.3 Å². The molecule has 2 aromatic rings. The van der Waals surface area contributed by atoms with Crippen LogP contribution in [-0.4, -0.2) is 55.5 Å². The molecule has 0 heterocycles. The van der Waals surface area contributed by atoms with Crippen LogP contribution in [0.4, 0.5) is 4.79 Å². The smallest absolute Gasteiger partial charge is 0.407 e. The molecule has 3 aliphatic rings. The Hall–Kier alpha value is -3.39. The fourth-order valence-corrected chi connectivity index (χ4v) is 6.18. The van der Waals surface area contributed by atoms with E-state index in [-0.39, 0.29) is 55.4 Å². The fourth-order valence-electron chi connectivity index (χ4n) is 6.18. The molecule has 2 fully saturated rings. The topological polar surface area (TPSA) is 114 Å². The monoisotopic (exact) mass is 478 g/mol. The number of ether oxygens (including phenoxy) is 2. The number of rotatable bonds is 9. The molecule has 2 saturated carbocycles. The largest absolute Gasteiger partial charge is 0.480 e. The van der Waals surface area contributed by atoms with Crippen LogP contribution in [0.15, 0.2) is 48.5 Å². The van der Waals surface area contributed by atoms with Gasteiger partial charge in [0.25, 0.3) is 0 Å². The highest BCUT2D eigenvalue weighted by molar-refractivity contribution is 5.82. The van der Waals surface area contributed by atoms with Crippen LogP contribution >= 0.6 is 0 Å². The Bertz CT molecular complexity index is 1070. The van der Waals surface area contributed by atoms with Crippen LogP contribution in [0.3, 0.4) is 0 Å². The summed E-state index contributed by atoms with van der Waals surface area (Å²) < 4.78 is 10.7. The number of carboxylic acids is 1. The Morgan fingerprint density at radius 2 is 1.60 bits per heavy atom. The first kappa shape index (κ1) is 23.4. The highest BCUT2D eigenvalue weighted by Crippen LogP contribution is 2.49. The second-order valence-corrected chi connectivity index (χ2v) is 9.59. The SMILES string of the molecule is O=C(O)COCCNC(=O)C1C2CCC(C2)C1NC(=O)OCC1c2ccccc2-c2ccccc21. The number of carbonyl (C=O) groups is 3. The Labute approximate surface area is 204 Å². The van der Waals surface area contributed by atoms with E-state index in [0.717, 1.165) is 30.4 Å². The second kappa shape index (κ2) is 10.1. The van der Waals surface area contributed by atoms with E-state index in [9.17, 15) is 14.4 Å². The molecule has 0 aliphatic heterocycles. The third-order valence-corrected chi connectivity index (χ3v) is 7.62. The van der Waals surface area contributed by atoms with Crippen LogP contribution < -0.4 is 10.6 Å². The molecule has 3 aliphatic carbocycles. The van der Waals surface area contributed by atoms with Gasteiger partial charge in [0.15, 0.2) is 0 Å². The number of aliphatic carboxylic acids is 1. The van der Waals surface area contributed by atoms with Gasteiger partial charge in [-0.1, -0.05) is 48.5 Å². The lowest BCUT2D eigenvalue weighted by molar-refractivity contribution is -0.142. The van der Waals surface area contributed by atoms with Gasteiger partial charge in [-0.25, -0.2) is 9.59 Å². The van der Waals surface area contributed by atoms with Gasteiger partial charge in [-0.15, -0.1) is 0 Å². The molecule has 2 bridgehead atoms. The van der Waals surface area contributed by atoms with E-state index in [1.807, 2.05) is 24.3 Å². The van der Waals surface area contributed by atoms with Gasteiger partial charge in [0.05, 0.1) is 12.5 Å². The highest BCUT2D eigenvalue weighted by Gasteiger charge is 2.51. The normalized spacial score (nSPS) is 24.0. The first-order valence-electron chi connectivity index (χ1n) is 12.2. The van der Waals surface area contributed by atoms with E-state index >= 15 is 0 Å². The Morgan fingerprint density at radius 3 is 2.29 bits per heavy atom. The Kier molecular flexibility index (Phi) is 6.72. The summed E-state index contributed by atoms with van der Waals surface area (Å²) in [5.41, 5.74) is 4.66. The maximum atomic E-state index is 12.9. The lowest BCUT2D eigenvalue weighted by Gasteiger charge is -2.30. The number of nitrogens with one attached hydrogen (secondary N) is 2. The molecule has 8 nitrogen and oxygen atoms in total. The van der Waals surface area contributed by atoms with Gasteiger partial charge in [-0.3, -0.25) is 4.79 Å². The number of carboxylic acid groups (broad SMARTS) is 1. The molecule has 3 N–H and O–H groups in total. The number of alkyl carbamates (subject to hydrolysis) is 1. The molecule has 0 saturated heterocycles. The first-order valence-corrected chi connectivity index (χ1v) is 12.2. The van der Waals surface area contributed by atoms with Crippen LogP contribution in [0, 0.1) is 17.8 Å². The summed E-state index contributed by atoms with van der Waals surface area (Å²) in [4.78, 5) is 36.3. The fraction of sp³-hybridized carbons (Fsp3) is 0.444. The van der Waals surface area contributed by atoms with Crippen LogP contribution in [0.5, 0.6) is 0 Å². The van der Waals surface area contributed by atoms with Crippen molar-refractivity contribution in [2.45, 2.75) is 31.2 Å². The van der Waals surface area contributed by atoms with Gasteiger partial charge in [0.1, 0.15) is 13.2 Å². The third kappa shape index (κ3) is 4.75. The predicted octanol–water partition coefficient (Wildman–Crippen LogP) is 3.16. The summed E-state index contributed by atoms with van der Waals surface area (Å²) in [6.45, 7) is 0.204. The van der Waals surface area contributed by atoms with Crippen molar-refractivity contribution in [2.24, 2.45) is 17.8 Å². The predicted molar refractivity (Wildman–Crippen MR) is 128 cm³/mol. The summed E-state index contributed by atoms with van der Waals surface area (Å²) in [7, 11) is 0. The molecule has 2 aromatic carbocycles. The highest BCUT2D eigenvalue weighted by atomic mass is 16.5. The van der Waals surface area contributed by atoms with E-state index in [1.165, 1.54) is 11.1 Å². The van der Waals surface area contributed by atoms with E-state index in [0.29, 0.717) is 0 Å². The van der Waals surface area contributed by atoms with Crippen molar-refractivity contribution in [3.8, 4) is 11.1 Å².